The van der Waals surface area contributed by atoms with Gasteiger partial charge < -0.3 is 10.0 Å². The van der Waals surface area contributed by atoms with E-state index in [0.29, 0.717) is 5.41 Å². The van der Waals surface area contributed by atoms with Crippen molar-refractivity contribution in [3.05, 3.63) is 12.2 Å². The number of hydrogen-bond acceptors (Lipinski definition) is 2. The summed E-state index contributed by atoms with van der Waals surface area (Å²) in [6.07, 6.45) is 8.11. The first kappa shape index (κ1) is 14.6. The normalized spacial score (nSPS) is 37.0. The largest absolute Gasteiger partial charge is 0.481 e. The topological polar surface area (TPSA) is 57.6 Å². The average molecular weight is 291 g/mol. The van der Waals surface area contributed by atoms with Crippen LogP contribution >= 0.6 is 0 Å². The van der Waals surface area contributed by atoms with E-state index in [-0.39, 0.29) is 23.7 Å². The first-order chi connectivity index (χ1) is 9.95. The van der Waals surface area contributed by atoms with Crippen LogP contribution in [0.25, 0.3) is 0 Å². The Morgan fingerprint density at radius 1 is 1.19 bits per heavy atom. The number of carbonyl (C=O) groups is 2. The van der Waals surface area contributed by atoms with E-state index in [0.717, 1.165) is 38.8 Å². The van der Waals surface area contributed by atoms with E-state index in [4.69, 9.17) is 0 Å². The highest BCUT2D eigenvalue weighted by Gasteiger charge is 2.52. The van der Waals surface area contributed by atoms with Crippen LogP contribution in [0.3, 0.4) is 0 Å². The molecule has 4 unspecified atom stereocenters. The Labute approximate surface area is 126 Å². The quantitative estimate of drug-likeness (QED) is 0.813. The second-order valence-corrected chi connectivity index (χ2v) is 7.33. The molecule has 1 N–H and O–H groups in total. The van der Waals surface area contributed by atoms with Gasteiger partial charge in [-0.15, -0.1) is 0 Å². The zero-order valence-electron chi connectivity index (χ0n) is 12.9. The molecular weight excluding hydrogens is 266 g/mol. The van der Waals surface area contributed by atoms with Crippen LogP contribution in [0.2, 0.25) is 0 Å². The van der Waals surface area contributed by atoms with Crippen molar-refractivity contribution in [3.63, 3.8) is 0 Å². The molecule has 21 heavy (non-hydrogen) atoms. The molecule has 1 amide bonds. The van der Waals surface area contributed by atoms with Crippen LogP contribution in [0.4, 0.5) is 0 Å². The fourth-order valence-corrected chi connectivity index (χ4v) is 4.33. The maximum Gasteiger partial charge on any atom is 0.307 e. The number of fused-ring (bicyclic) bond motifs is 2. The lowest BCUT2D eigenvalue weighted by Crippen LogP contribution is -2.47. The summed E-state index contributed by atoms with van der Waals surface area (Å²) in [5.41, 5.74) is 0.345. The Hall–Kier alpha value is -1.32. The van der Waals surface area contributed by atoms with Gasteiger partial charge in [-0.3, -0.25) is 9.59 Å². The molecule has 3 rings (SSSR count). The molecule has 3 aliphatic rings. The molecule has 0 aromatic heterocycles. The van der Waals surface area contributed by atoms with Gasteiger partial charge in [0, 0.05) is 13.1 Å². The minimum absolute atomic E-state index is 0.0622. The Bertz CT molecular complexity index is 476. The summed E-state index contributed by atoms with van der Waals surface area (Å²) in [6.45, 7) is 6.06. The summed E-state index contributed by atoms with van der Waals surface area (Å²) in [4.78, 5) is 26.3. The number of piperidine rings is 1. The number of allylic oxidation sites excluding steroid dienone is 2. The van der Waals surface area contributed by atoms with Crippen molar-refractivity contribution in [1.29, 1.82) is 0 Å². The smallest absolute Gasteiger partial charge is 0.307 e. The Balaban J connectivity index is 1.71. The molecule has 0 radical (unpaired) electrons. The van der Waals surface area contributed by atoms with Gasteiger partial charge in [0.25, 0.3) is 0 Å². The van der Waals surface area contributed by atoms with E-state index in [1.807, 2.05) is 11.0 Å². The molecule has 0 aromatic rings. The van der Waals surface area contributed by atoms with Crippen LogP contribution < -0.4 is 0 Å². The molecule has 2 fully saturated rings. The zero-order valence-corrected chi connectivity index (χ0v) is 12.9. The minimum Gasteiger partial charge on any atom is -0.481 e. The van der Waals surface area contributed by atoms with Crippen molar-refractivity contribution in [2.75, 3.05) is 13.1 Å². The predicted octanol–water partition coefficient (Wildman–Crippen LogP) is 2.55. The summed E-state index contributed by atoms with van der Waals surface area (Å²) in [5, 5.41) is 9.47. The third-order valence-corrected chi connectivity index (χ3v) is 6.17. The van der Waals surface area contributed by atoms with Gasteiger partial charge in [-0.05, 0) is 36.5 Å². The van der Waals surface area contributed by atoms with Gasteiger partial charge >= 0.3 is 5.97 Å². The third-order valence-electron chi connectivity index (χ3n) is 6.17. The summed E-state index contributed by atoms with van der Waals surface area (Å²) in [7, 11) is 0. The highest BCUT2D eigenvalue weighted by Crippen LogP contribution is 2.49. The molecule has 4 heteroatoms. The Morgan fingerprint density at radius 2 is 1.76 bits per heavy atom. The molecule has 4 atom stereocenters. The lowest BCUT2D eigenvalue weighted by Gasteiger charge is -2.41. The van der Waals surface area contributed by atoms with Gasteiger partial charge in [-0.25, -0.2) is 0 Å². The van der Waals surface area contributed by atoms with Crippen LogP contribution in [0.15, 0.2) is 12.2 Å². The van der Waals surface area contributed by atoms with E-state index >= 15 is 0 Å². The van der Waals surface area contributed by atoms with Crippen LogP contribution in [-0.2, 0) is 9.59 Å². The number of aliphatic carboxylic acids is 1. The van der Waals surface area contributed by atoms with Gasteiger partial charge in [0.1, 0.15) is 0 Å². The van der Waals surface area contributed by atoms with Gasteiger partial charge in [-0.2, -0.15) is 0 Å². The molecule has 1 aliphatic heterocycles. The second kappa shape index (κ2) is 5.15. The van der Waals surface area contributed by atoms with Crippen LogP contribution in [0.5, 0.6) is 0 Å². The fourth-order valence-electron chi connectivity index (χ4n) is 4.33. The molecule has 4 nitrogen and oxygen atoms in total. The molecule has 1 heterocycles. The van der Waals surface area contributed by atoms with Crippen LogP contribution in [0.1, 0.15) is 39.5 Å². The number of likely N-dealkylation sites (tertiary alicyclic amines) is 1. The highest BCUT2D eigenvalue weighted by atomic mass is 16.4. The van der Waals surface area contributed by atoms with E-state index in [1.165, 1.54) is 0 Å². The average Bonchev–Trinajstić information content (AvgIpc) is 3.08. The van der Waals surface area contributed by atoms with E-state index in [9.17, 15) is 14.7 Å². The lowest BCUT2D eigenvalue weighted by molar-refractivity contribution is -0.152. The highest BCUT2D eigenvalue weighted by molar-refractivity contribution is 5.87. The van der Waals surface area contributed by atoms with Gasteiger partial charge in [0.2, 0.25) is 5.91 Å². The standard InChI is InChI=1S/C17H25NO3/c1-3-17(2)6-8-18(9-7-17)15(19)13-11-4-5-12(10-11)14(13)16(20)21/h4-5,11-14H,3,6-10H2,1-2H3,(H,20,21). The Kier molecular flexibility index (Phi) is 3.58. The first-order valence-electron chi connectivity index (χ1n) is 8.15. The number of rotatable bonds is 3. The van der Waals surface area contributed by atoms with E-state index in [1.54, 1.807) is 0 Å². The molecule has 1 saturated carbocycles. The molecule has 0 spiro atoms. The number of carbonyl (C=O) groups excluding carboxylic acids is 1. The summed E-state index contributed by atoms with van der Waals surface area (Å²) in [6, 6.07) is 0. The van der Waals surface area contributed by atoms with E-state index < -0.39 is 11.9 Å². The van der Waals surface area contributed by atoms with Crippen LogP contribution in [0, 0.1) is 29.1 Å². The summed E-state index contributed by atoms with van der Waals surface area (Å²) in [5.74, 6) is -1.36. The maximum absolute atomic E-state index is 12.8. The molecular formula is C17H25NO3. The van der Waals surface area contributed by atoms with Crippen molar-refractivity contribution >= 4 is 11.9 Å². The lowest BCUT2D eigenvalue weighted by atomic mass is 9.77. The van der Waals surface area contributed by atoms with Crippen molar-refractivity contribution in [2.24, 2.45) is 29.1 Å². The van der Waals surface area contributed by atoms with Crippen molar-refractivity contribution < 1.29 is 14.7 Å². The van der Waals surface area contributed by atoms with Gasteiger partial charge in [0.15, 0.2) is 0 Å². The number of carboxylic acids is 1. The van der Waals surface area contributed by atoms with Gasteiger partial charge in [-0.1, -0.05) is 32.4 Å². The number of hydrogen-bond donors (Lipinski definition) is 1. The number of carboxylic acid groups (broad SMARTS) is 1. The maximum atomic E-state index is 12.8. The predicted molar refractivity (Wildman–Crippen MR) is 79.6 cm³/mol. The molecule has 2 bridgehead atoms. The van der Waals surface area contributed by atoms with Crippen LogP contribution in [-0.4, -0.2) is 35.0 Å². The summed E-state index contributed by atoms with van der Waals surface area (Å²) < 4.78 is 0. The minimum atomic E-state index is -0.805. The summed E-state index contributed by atoms with van der Waals surface area (Å²) >= 11 is 0. The Morgan fingerprint density at radius 3 is 2.29 bits per heavy atom. The van der Waals surface area contributed by atoms with E-state index in [2.05, 4.69) is 19.9 Å². The molecule has 1 saturated heterocycles. The fraction of sp³-hybridized carbons (Fsp3) is 0.765. The van der Waals surface area contributed by atoms with Crippen molar-refractivity contribution in [3.8, 4) is 0 Å². The van der Waals surface area contributed by atoms with Gasteiger partial charge in [0.05, 0.1) is 11.8 Å². The molecule has 2 aliphatic carbocycles. The molecule has 116 valence electrons. The first-order valence-corrected chi connectivity index (χ1v) is 8.15. The third kappa shape index (κ3) is 2.39. The van der Waals surface area contributed by atoms with Crippen molar-refractivity contribution in [2.45, 2.75) is 39.5 Å². The number of nitrogens with zero attached hydrogens (tertiary/aromatic N) is 1. The van der Waals surface area contributed by atoms with Crippen molar-refractivity contribution in [1.82, 2.24) is 4.90 Å². The monoisotopic (exact) mass is 291 g/mol. The second-order valence-electron chi connectivity index (χ2n) is 7.33. The zero-order chi connectivity index (χ0) is 15.2. The molecule has 0 aromatic carbocycles. The SMILES string of the molecule is CCC1(C)CCN(C(=O)C2C3C=CC(C3)C2C(=O)O)CC1. The number of amides is 1.